The van der Waals surface area contributed by atoms with Crippen LogP contribution in [0, 0.1) is 7.14 Å². The van der Waals surface area contributed by atoms with Crippen molar-refractivity contribution in [3.63, 3.8) is 0 Å². The van der Waals surface area contributed by atoms with Crippen LogP contribution >= 0.6 is 45.2 Å². The van der Waals surface area contributed by atoms with Crippen LogP contribution in [-0.2, 0) is 6.54 Å². The standard InChI is InChI=1S/C9H7I2N5O2/c10-4-1-5(8(17)6(11)2-4)9(18)12-3-7-13-15-16-14-7/h1-2,17H,3H2,(H,12,18)(H,13,14,15,16). The Morgan fingerprint density at radius 3 is 2.89 bits per heavy atom. The van der Waals surface area contributed by atoms with E-state index in [0.29, 0.717) is 9.39 Å². The lowest BCUT2D eigenvalue weighted by atomic mass is 10.2. The normalized spacial score (nSPS) is 10.3. The molecule has 0 spiro atoms. The van der Waals surface area contributed by atoms with Crippen molar-refractivity contribution in [3.05, 3.63) is 30.7 Å². The van der Waals surface area contributed by atoms with Gasteiger partial charge in [-0.2, -0.15) is 5.21 Å². The highest BCUT2D eigenvalue weighted by atomic mass is 127. The van der Waals surface area contributed by atoms with E-state index in [0.717, 1.165) is 3.57 Å². The van der Waals surface area contributed by atoms with Gasteiger partial charge in [0.05, 0.1) is 15.7 Å². The molecule has 0 atom stereocenters. The summed E-state index contributed by atoms with van der Waals surface area (Å²) in [5.74, 6) is -0.0291. The predicted molar refractivity (Wildman–Crippen MR) is 78.9 cm³/mol. The van der Waals surface area contributed by atoms with Crippen molar-refractivity contribution >= 4 is 51.1 Å². The molecule has 0 saturated heterocycles. The van der Waals surface area contributed by atoms with Gasteiger partial charge in [0.2, 0.25) is 0 Å². The minimum absolute atomic E-state index is 0.0263. The van der Waals surface area contributed by atoms with E-state index in [1.807, 2.05) is 22.6 Å². The minimum Gasteiger partial charge on any atom is -0.506 e. The Morgan fingerprint density at radius 1 is 1.44 bits per heavy atom. The van der Waals surface area contributed by atoms with E-state index >= 15 is 0 Å². The Bertz CT molecular complexity index is 573. The first-order chi connectivity index (χ1) is 8.58. The summed E-state index contributed by atoms with van der Waals surface area (Å²) in [7, 11) is 0. The predicted octanol–water partition coefficient (Wildman–Crippen LogP) is 1.04. The van der Waals surface area contributed by atoms with Crippen LogP contribution in [0.5, 0.6) is 5.75 Å². The van der Waals surface area contributed by atoms with Crippen LogP contribution in [0.4, 0.5) is 0 Å². The third-order valence-electron chi connectivity index (χ3n) is 2.07. The Balaban J connectivity index is 2.14. The number of phenolic OH excluding ortho intramolecular Hbond substituents is 1. The SMILES string of the molecule is O=C(NCc1nn[nH]n1)c1cc(I)cc(I)c1O. The molecule has 0 unspecified atom stereocenters. The van der Waals surface area contributed by atoms with Crippen LogP contribution in [-0.4, -0.2) is 31.6 Å². The number of aromatic nitrogens is 4. The van der Waals surface area contributed by atoms with Gasteiger partial charge >= 0.3 is 0 Å². The summed E-state index contributed by atoms with van der Waals surface area (Å²) in [5, 5.41) is 25.5. The lowest BCUT2D eigenvalue weighted by Gasteiger charge is -2.07. The van der Waals surface area contributed by atoms with E-state index < -0.39 is 0 Å². The van der Waals surface area contributed by atoms with Crippen molar-refractivity contribution in [1.82, 2.24) is 25.9 Å². The number of carbonyl (C=O) groups excluding carboxylic acids is 1. The summed E-state index contributed by atoms with van der Waals surface area (Å²) >= 11 is 4.06. The minimum atomic E-state index is -0.381. The average molecular weight is 471 g/mol. The molecule has 0 saturated carbocycles. The molecule has 9 heteroatoms. The zero-order chi connectivity index (χ0) is 13.1. The van der Waals surface area contributed by atoms with Gasteiger partial charge in [-0.25, -0.2) is 0 Å². The van der Waals surface area contributed by atoms with E-state index in [9.17, 15) is 9.90 Å². The Labute approximate surface area is 129 Å². The van der Waals surface area contributed by atoms with Gasteiger partial charge in [0, 0.05) is 3.57 Å². The largest absolute Gasteiger partial charge is 0.506 e. The molecule has 3 N–H and O–H groups in total. The Kier molecular flexibility index (Phi) is 4.31. The number of tetrazole rings is 1. The number of carbonyl (C=O) groups is 1. The second-order valence-electron chi connectivity index (χ2n) is 3.29. The molecule has 0 aliphatic heterocycles. The first-order valence-corrected chi connectivity index (χ1v) is 6.92. The van der Waals surface area contributed by atoms with Crippen LogP contribution in [0.25, 0.3) is 0 Å². The fourth-order valence-corrected chi connectivity index (χ4v) is 3.10. The molecular formula is C9H7I2N5O2. The van der Waals surface area contributed by atoms with Crippen molar-refractivity contribution in [2.45, 2.75) is 6.54 Å². The second kappa shape index (κ2) is 5.77. The summed E-state index contributed by atoms with van der Waals surface area (Å²) in [4.78, 5) is 11.9. The van der Waals surface area contributed by atoms with Crippen LogP contribution in [0.1, 0.15) is 16.2 Å². The molecule has 2 aromatic rings. The molecule has 0 fully saturated rings. The van der Waals surface area contributed by atoms with Gasteiger partial charge in [0.15, 0.2) is 5.82 Å². The molecule has 1 aromatic carbocycles. The topological polar surface area (TPSA) is 104 Å². The lowest BCUT2D eigenvalue weighted by Crippen LogP contribution is -2.23. The van der Waals surface area contributed by atoms with Crippen LogP contribution in [0.15, 0.2) is 12.1 Å². The highest BCUT2D eigenvalue weighted by Crippen LogP contribution is 2.26. The van der Waals surface area contributed by atoms with Gasteiger partial charge in [-0.05, 0) is 57.3 Å². The van der Waals surface area contributed by atoms with Gasteiger partial charge in [0.1, 0.15) is 5.75 Å². The zero-order valence-electron chi connectivity index (χ0n) is 8.81. The van der Waals surface area contributed by atoms with Gasteiger partial charge in [-0.3, -0.25) is 4.79 Å². The first kappa shape index (κ1) is 13.5. The molecule has 0 aliphatic rings. The van der Waals surface area contributed by atoms with Gasteiger partial charge < -0.3 is 10.4 Å². The highest BCUT2D eigenvalue weighted by Gasteiger charge is 2.15. The second-order valence-corrected chi connectivity index (χ2v) is 5.70. The number of benzene rings is 1. The van der Waals surface area contributed by atoms with Gasteiger partial charge in [-0.15, -0.1) is 10.2 Å². The summed E-state index contributed by atoms with van der Waals surface area (Å²) in [6, 6.07) is 3.40. The molecule has 18 heavy (non-hydrogen) atoms. The number of amides is 1. The number of phenols is 1. The van der Waals surface area contributed by atoms with E-state index in [2.05, 4.69) is 48.5 Å². The van der Waals surface area contributed by atoms with Gasteiger partial charge in [0.25, 0.3) is 5.91 Å². The van der Waals surface area contributed by atoms with Crippen molar-refractivity contribution in [2.24, 2.45) is 0 Å². The maximum absolute atomic E-state index is 11.9. The Morgan fingerprint density at radius 2 is 2.22 bits per heavy atom. The summed E-state index contributed by atoms with van der Waals surface area (Å²) < 4.78 is 1.50. The third kappa shape index (κ3) is 3.07. The number of aromatic amines is 1. The molecule has 0 bridgehead atoms. The number of rotatable bonds is 3. The number of H-pyrrole nitrogens is 1. The van der Waals surface area contributed by atoms with Crippen LogP contribution < -0.4 is 5.32 Å². The first-order valence-electron chi connectivity index (χ1n) is 4.76. The van der Waals surface area contributed by atoms with E-state index in [4.69, 9.17) is 0 Å². The van der Waals surface area contributed by atoms with Crippen molar-refractivity contribution in [1.29, 1.82) is 0 Å². The van der Waals surface area contributed by atoms with Crippen molar-refractivity contribution in [2.75, 3.05) is 0 Å². The molecule has 2 rings (SSSR count). The summed E-state index contributed by atoms with van der Waals surface area (Å²) in [6.07, 6.45) is 0. The molecule has 1 amide bonds. The third-order valence-corrected chi connectivity index (χ3v) is 3.51. The van der Waals surface area contributed by atoms with Crippen molar-refractivity contribution in [3.8, 4) is 5.75 Å². The smallest absolute Gasteiger partial charge is 0.255 e. The fraction of sp³-hybridized carbons (Fsp3) is 0.111. The van der Waals surface area contributed by atoms with E-state index in [1.54, 1.807) is 12.1 Å². The number of halogens is 2. The maximum atomic E-state index is 11.9. The van der Waals surface area contributed by atoms with E-state index in [-0.39, 0.29) is 23.8 Å². The number of nitrogens with one attached hydrogen (secondary N) is 2. The molecule has 94 valence electrons. The molecular weight excluding hydrogens is 464 g/mol. The van der Waals surface area contributed by atoms with Crippen LogP contribution in [0.3, 0.4) is 0 Å². The monoisotopic (exact) mass is 471 g/mol. The highest BCUT2D eigenvalue weighted by molar-refractivity contribution is 14.1. The van der Waals surface area contributed by atoms with Crippen molar-refractivity contribution < 1.29 is 9.90 Å². The fourth-order valence-electron chi connectivity index (χ4n) is 1.25. The molecule has 1 aromatic heterocycles. The molecule has 7 nitrogen and oxygen atoms in total. The molecule has 0 aliphatic carbocycles. The molecule has 0 radical (unpaired) electrons. The maximum Gasteiger partial charge on any atom is 0.255 e. The number of nitrogens with zero attached hydrogens (tertiary/aromatic N) is 3. The van der Waals surface area contributed by atoms with Crippen LogP contribution in [0.2, 0.25) is 0 Å². The summed E-state index contributed by atoms with van der Waals surface area (Å²) in [5.41, 5.74) is 0.231. The number of hydrogen-bond donors (Lipinski definition) is 3. The zero-order valence-corrected chi connectivity index (χ0v) is 13.1. The quantitative estimate of drug-likeness (QED) is 0.582. The number of hydrogen-bond acceptors (Lipinski definition) is 5. The Hall–Kier alpha value is -0.980. The summed E-state index contributed by atoms with van der Waals surface area (Å²) in [6.45, 7) is 0.150. The average Bonchev–Trinajstić information content (AvgIpc) is 2.83. The lowest BCUT2D eigenvalue weighted by molar-refractivity contribution is 0.0947. The van der Waals surface area contributed by atoms with Gasteiger partial charge in [-0.1, -0.05) is 5.21 Å². The van der Waals surface area contributed by atoms with E-state index in [1.165, 1.54) is 0 Å². The number of aromatic hydroxyl groups is 1. The molecule has 1 heterocycles.